The lowest BCUT2D eigenvalue weighted by Gasteiger charge is -2.26. The molecule has 4 aromatic rings. The number of aryl methyl sites for hydroxylation is 1. The summed E-state index contributed by atoms with van der Waals surface area (Å²) < 4.78 is 11.3. The van der Waals surface area contributed by atoms with Crippen LogP contribution >= 0.6 is 0 Å². The summed E-state index contributed by atoms with van der Waals surface area (Å²) in [6.07, 6.45) is 5.56. The van der Waals surface area contributed by atoms with Crippen molar-refractivity contribution in [2.45, 2.75) is 19.8 Å². The third-order valence-electron chi connectivity index (χ3n) is 6.19. The van der Waals surface area contributed by atoms with Crippen molar-refractivity contribution < 1.29 is 9.47 Å². The molecular formula is C28H32N6O2. The van der Waals surface area contributed by atoms with Crippen LogP contribution in [0, 0.1) is 0 Å². The van der Waals surface area contributed by atoms with Gasteiger partial charge in [0.1, 0.15) is 11.6 Å². The molecule has 0 amide bonds. The van der Waals surface area contributed by atoms with Crippen molar-refractivity contribution in [3.05, 3.63) is 72.6 Å². The van der Waals surface area contributed by atoms with Gasteiger partial charge in [0.05, 0.1) is 37.2 Å². The summed E-state index contributed by atoms with van der Waals surface area (Å²) in [6, 6.07) is 18.2. The molecule has 0 radical (unpaired) electrons. The number of fused-ring (bicyclic) bond motifs is 1. The molecule has 0 bridgehead atoms. The Balaban J connectivity index is 1.14. The molecule has 0 atom stereocenters. The Bertz CT molecular complexity index is 1270. The van der Waals surface area contributed by atoms with Gasteiger partial charge in [0.15, 0.2) is 0 Å². The average Bonchev–Trinajstić information content (AvgIpc) is 2.92. The van der Waals surface area contributed by atoms with Crippen LogP contribution in [0.5, 0.6) is 5.75 Å². The summed E-state index contributed by atoms with van der Waals surface area (Å²) in [5.41, 5.74) is 4.05. The smallest absolute Gasteiger partial charge is 0.229 e. The van der Waals surface area contributed by atoms with Gasteiger partial charge in [-0.05, 0) is 60.9 Å². The first-order chi connectivity index (χ1) is 17.7. The van der Waals surface area contributed by atoms with Gasteiger partial charge in [0.2, 0.25) is 5.95 Å². The molecule has 2 aromatic carbocycles. The fraction of sp³-hybridized carbons (Fsp3) is 0.321. The number of morpholine rings is 1. The quantitative estimate of drug-likeness (QED) is 0.298. The van der Waals surface area contributed by atoms with Gasteiger partial charge in [-0.25, -0.2) is 4.98 Å². The van der Waals surface area contributed by atoms with E-state index in [1.807, 2.05) is 36.5 Å². The minimum absolute atomic E-state index is 0.514. The van der Waals surface area contributed by atoms with E-state index in [1.165, 1.54) is 5.56 Å². The molecule has 1 aliphatic heterocycles. The van der Waals surface area contributed by atoms with E-state index in [0.29, 0.717) is 18.4 Å². The second-order valence-corrected chi connectivity index (χ2v) is 8.80. The van der Waals surface area contributed by atoms with Gasteiger partial charge in [0, 0.05) is 36.9 Å². The van der Waals surface area contributed by atoms with E-state index in [-0.39, 0.29) is 0 Å². The lowest BCUT2D eigenvalue weighted by Crippen LogP contribution is -2.37. The first-order valence-electron chi connectivity index (χ1n) is 12.5. The van der Waals surface area contributed by atoms with Crippen molar-refractivity contribution in [3.8, 4) is 5.75 Å². The number of aromatic nitrogens is 3. The van der Waals surface area contributed by atoms with Gasteiger partial charge >= 0.3 is 0 Å². The first kappa shape index (κ1) is 24.0. The molecule has 0 spiro atoms. The summed E-state index contributed by atoms with van der Waals surface area (Å²) in [5.74, 6) is 2.06. The molecule has 0 saturated carbocycles. The Kier molecular flexibility index (Phi) is 7.85. The summed E-state index contributed by atoms with van der Waals surface area (Å²) in [5, 5.41) is 7.68. The summed E-state index contributed by atoms with van der Waals surface area (Å²) in [6.45, 7) is 7.58. The fourth-order valence-corrected chi connectivity index (χ4v) is 4.16. The van der Waals surface area contributed by atoms with Crippen LogP contribution in [-0.2, 0) is 11.2 Å². The molecule has 186 valence electrons. The third kappa shape index (κ3) is 6.47. The lowest BCUT2D eigenvalue weighted by atomic mass is 10.1. The van der Waals surface area contributed by atoms with Gasteiger partial charge in [0.25, 0.3) is 0 Å². The van der Waals surface area contributed by atoms with Crippen molar-refractivity contribution >= 4 is 34.0 Å². The van der Waals surface area contributed by atoms with E-state index in [9.17, 15) is 0 Å². The molecule has 1 fully saturated rings. The predicted octanol–water partition coefficient (Wildman–Crippen LogP) is 5.18. The molecule has 5 rings (SSSR count). The largest absolute Gasteiger partial charge is 0.494 e. The van der Waals surface area contributed by atoms with Crippen molar-refractivity contribution in [1.82, 2.24) is 19.9 Å². The van der Waals surface area contributed by atoms with Crippen LogP contribution in [0.15, 0.2) is 67.0 Å². The number of hydrogen-bond donors (Lipinski definition) is 2. The van der Waals surface area contributed by atoms with E-state index in [0.717, 1.165) is 73.7 Å². The van der Waals surface area contributed by atoms with E-state index in [1.54, 1.807) is 6.20 Å². The maximum absolute atomic E-state index is 5.90. The number of pyridine rings is 1. The van der Waals surface area contributed by atoms with Crippen molar-refractivity contribution in [3.63, 3.8) is 0 Å². The monoisotopic (exact) mass is 484 g/mol. The number of hydrogen-bond acceptors (Lipinski definition) is 8. The Morgan fingerprint density at radius 3 is 2.64 bits per heavy atom. The molecule has 1 aliphatic rings. The van der Waals surface area contributed by atoms with Crippen LogP contribution < -0.4 is 15.4 Å². The Labute approximate surface area is 211 Å². The Morgan fingerprint density at radius 1 is 0.944 bits per heavy atom. The highest BCUT2D eigenvalue weighted by Crippen LogP contribution is 2.22. The molecular weight excluding hydrogens is 452 g/mol. The van der Waals surface area contributed by atoms with E-state index in [4.69, 9.17) is 9.47 Å². The van der Waals surface area contributed by atoms with Crippen molar-refractivity contribution in [1.29, 1.82) is 0 Å². The van der Waals surface area contributed by atoms with E-state index in [2.05, 4.69) is 61.7 Å². The van der Waals surface area contributed by atoms with Crippen LogP contribution in [0.25, 0.3) is 10.9 Å². The summed E-state index contributed by atoms with van der Waals surface area (Å²) in [7, 11) is 0. The molecule has 0 aliphatic carbocycles. The fourth-order valence-electron chi connectivity index (χ4n) is 4.16. The first-order valence-corrected chi connectivity index (χ1v) is 12.5. The normalized spacial score (nSPS) is 14.0. The minimum atomic E-state index is 0.514. The number of rotatable bonds is 10. The lowest BCUT2D eigenvalue weighted by molar-refractivity contribution is 0.0358. The number of anilines is 4. The maximum atomic E-state index is 5.90. The standard InChI is InChI=1S/C28H32N6O2/c1-2-21-4-5-22-19-24(20-30-26(22)18-21)31-27-10-11-29-28(33-27)32-23-6-8-25(9-7-23)36-15-3-12-34-13-16-35-17-14-34/h4-11,18-20H,2-3,12-17H2,1H3,(H2,29,31,32,33). The van der Waals surface area contributed by atoms with Crippen LogP contribution in [0.3, 0.4) is 0 Å². The second kappa shape index (κ2) is 11.8. The number of nitrogens with zero attached hydrogens (tertiary/aromatic N) is 4. The van der Waals surface area contributed by atoms with Gasteiger partial charge in [-0.2, -0.15) is 4.98 Å². The SMILES string of the molecule is CCc1ccc2cc(Nc3ccnc(Nc4ccc(OCCCN5CCOCC5)cc4)n3)cnc2c1. The zero-order valence-electron chi connectivity index (χ0n) is 20.6. The highest BCUT2D eigenvalue weighted by atomic mass is 16.5. The third-order valence-corrected chi connectivity index (χ3v) is 6.19. The van der Waals surface area contributed by atoms with Crippen LogP contribution in [0.4, 0.5) is 23.1 Å². The number of benzene rings is 2. The molecule has 2 N–H and O–H groups in total. The van der Waals surface area contributed by atoms with Crippen LogP contribution in [0.2, 0.25) is 0 Å². The maximum Gasteiger partial charge on any atom is 0.229 e. The van der Waals surface area contributed by atoms with Gasteiger partial charge in [-0.1, -0.05) is 19.1 Å². The summed E-state index contributed by atoms with van der Waals surface area (Å²) >= 11 is 0. The molecule has 3 heterocycles. The second-order valence-electron chi connectivity index (χ2n) is 8.80. The molecule has 8 heteroatoms. The average molecular weight is 485 g/mol. The molecule has 8 nitrogen and oxygen atoms in total. The Hall–Kier alpha value is -3.75. The molecule has 0 unspecified atom stereocenters. The zero-order chi connectivity index (χ0) is 24.6. The predicted molar refractivity (Wildman–Crippen MR) is 144 cm³/mol. The van der Waals surface area contributed by atoms with Gasteiger partial charge in [-0.15, -0.1) is 0 Å². The Morgan fingerprint density at radius 2 is 1.81 bits per heavy atom. The van der Waals surface area contributed by atoms with E-state index >= 15 is 0 Å². The highest BCUT2D eigenvalue weighted by Gasteiger charge is 2.09. The van der Waals surface area contributed by atoms with Gasteiger partial charge < -0.3 is 20.1 Å². The van der Waals surface area contributed by atoms with E-state index < -0.39 is 0 Å². The summed E-state index contributed by atoms with van der Waals surface area (Å²) in [4.78, 5) is 16.0. The molecule has 1 saturated heterocycles. The van der Waals surface area contributed by atoms with Crippen molar-refractivity contribution in [2.24, 2.45) is 0 Å². The minimum Gasteiger partial charge on any atom is -0.494 e. The number of nitrogens with one attached hydrogen (secondary N) is 2. The molecule has 2 aromatic heterocycles. The van der Waals surface area contributed by atoms with Crippen molar-refractivity contribution in [2.75, 3.05) is 50.1 Å². The van der Waals surface area contributed by atoms with Crippen LogP contribution in [0.1, 0.15) is 18.9 Å². The molecule has 36 heavy (non-hydrogen) atoms. The highest BCUT2D eigenvalue weighted by molar-refractivity contribution is 5.83. The number of ether oxygens (including phenoxy) is 2. The van der Waals surface area contributed by atoms with Crippen LogP contribution in [-0.4, -0.2) is 59.3 Å². The van der Waals surface area contributed by atoms with Gasteiger partial charge in [-0.3, -0.25) is 9.88 Å². The zero-order valence-corrected chi connectivity index (χ0v) is 20.6. The topological polar surface area (TPSA) is 84.4 Å².